The van der Waals surface area contributed by atoms with Crippen LogP contribution in [0.15, 0.2) is 6.07 Å². The number of H-pyrrole nitrogens is 1. The first-order valence-corrected chi connectivity index (χ1v) is 8.90. The number of nitrogens with zero attached hydrogens (tertiary/aromatic N) is 4. The first-order chi connectivity index (χ1) is 11.6. The molecule has 1 aromatic heterocycles. The molecule has 7 nitrogen and oxygen atoms in total. The first-order valence-electron chi connectivity index (χ1n) is 8.90. The summed E-state index contributed by atoms with van der Waals surface area (Å²) >= 11 is 0. The van der Waals surface area contributed by atoms with Crippen LogP contribution >= 0.6 is 0 Å². The van der Waals surface area contributed by atoms with Gasteiger partial charge in [0, 0.05) is 50.9 Å². The van der Waals surface area contributed by atoms with E-state index in [1.54, 1.807) is 6.07 Å². The van der Waals surface area contributed by atoms with Gasteiger partial charge in [0.05, 0.1) is 0 Å². The number of likely N-dealkylation sites (N-methyl/N-ethyl adjacent to an activating group) is 1. The molecule has 3 rings (SSSR count). The van der Waals surface area contributed by atoms with Gasteiger partial charge >= 0.3 is 0 Å². The van der Waals surface area contributed by atoms with Crippen LogP contribution in [0, 0.1) is 18.8 Å². The number of amides is 1. The van der Waals surface area contributed by atoms with Gasteiger partial charge in [-0.1, -0.05) is 0 Å². The third-order valence-electron chi connectivity index (χ3n) is 5.33. The Bertz CT molecular complexity index is 561. The maximum Gasteiger partial charge on any atom is 0.274 e. The lowest BCUT2D eigenvalue weighted by molar-refractivity contribution is 0.0773. The van der Waals surface area contributed by atoms with Gasteiger partial charge in [0.25, 0.3) is 5.91 Å². The molecule has 0 aliphatic carbocycles. The number of nitrogens with one attached hydrogen (secondary N) is 1. The number of hydrogen-bond acceptors (Lipinski definition) is 5. The van der Waals surface area contributed by atoms with Gasteiger partial charge in [-0.2, -0.15) is 5.10 Å². The third-order valence-corrected chi connectivity index (χ3v) is 5.33. The zero-order valence-corrected chi connectivity index (χ0v) is 14.7. The predicted octanol–water partition coefficient (Wildman–Crippen LogP) is 0.0361. The molecule has 0 aromatic carbocycles. The molecule has 2 aliphatic heterocycles. The lowest BCUT2D eigenvalue weighted by Crippen LogP contribution is -2.36. The van der Waals surface area contributed by atoms with Crippen molar-refractivity contribution in [2.75, 3.05) is 59.5 Å². The van der Waals surface area contributed by atoms with E-state index < -0.39 is 0 Å². The van der Waals surface area contributed by atoms with Crippen LogP contribution in [0.1, 0.15) is 22.6 Å². The van der Waals surface area contributed by atoms with E-state index in [1.807, 2.05) is 11.8 Å². The minimum atomic E-state index is -0.0316. The van der Waals surface area contributed by atoms with E-state index in [0.29, 0.717) is 24.7 Å². The number of carbonyl (C=O) groups excluding carboxylic acids is 1. The highest BCUT2D eigenvalue weighted by Gasteiger charge is 2.36. The molecule has 0 saturated carbocycles. The maximum atomic E-state index is 12.6. The Kier molecular flexibility index (Phi) is 5.53. The number of aliphatic hydroxyl groups is 1. The molecule has 24 heavy (non-hydrogen) atoms. The van der Waals surface area contributed by atoms with Gasteiger partial charge in [-0.15, -0.1) is 0 Å². The zero-order valence-electron chi connectivity index (χ0n) is 14.7. The molecule has 2 fully saturated rings. The second-order valence-electron chi connectivity index (χ2n) is 7.31. The Balaban J connectivity index is 1.60. The lowest BCUT2D eigenvalue weighted by atomic mass is 9.96. The van der Waals surface area contributed by atoms with E-state index >= 15 is 0 Å². The van der Waals surface area contributed by atoms with E-state index in [-0.39, 0.29) is 18.4 Å². The standard InChI is InChI=1S/C17H29N5O2/c1-13-8-16(19-18-13)17(24)22-10-14(15(11-22)12-23)9-21-5-3-4-20(2)6-7-21/h8,14-15,23H,3-7,9-12H2,1-2H3,(H,18,19). The molecular formula is C17H29N5O2. The summed E-state index contributed by atoms with van der Waals surface area (Å²) in [7, 11) is 2.17. The van der Waals surface area contributed by atoms with E-state index in [2.05, 4.69) is 27.0 Å². The Hall–Kier alpha value is -1.44. The van der Waals surface area contributed by atoms with Crippen LogP contribution in [-0.2, 0) is 0 Å². The topological polar surface area (TPSA) is 75.7 Å². The molecule has 0 bridgehead atoms. The van der Waals surface area contributed by atoms with Crippen molar-refractivity contribution in [1.82, 2.24) is 24.9 Å². The number of aryl methyl sites for hydroxylation is 1. The van der Waals surface area contributed by atoms with Crippen molar-refractivity contribution in [2.45, 2.75) is 13.3 Å². The first kappa shape index (κ1) is 17.4. The largest absolute Gasteiger partial charge is 0.396 e. The van der Waals surface area contributed by atoms with Crippen LogP contribution in [0.25, 0.3) is 0 Å². The molecule has 2 aliphatic rings. The summed E-state index contributed by atoms with van der Waals surface area (Å²) < 4.78 is 0. The van der Waals surface area contributed by atoms with Crippen LogP contribution in [0.2, 0.25) is 0 Å². The normalized spacial score (nSPS) is 26.7. The molecule has 2 unspecified atom stereocenters. The molecular weight excluding hydrogens is 306 g/mol. The summed E-state index contributed by atoms with van der Waals surface area (Å²) in [5.41, 5.74) is 1.36. The van der Waals surface area contributed by atoms with Gasteiger partial charge < -0.3 is 19.8 Å². The molecule has 2 N–H and O–H groups in total. The van der Waals surface area contributed by atoms with Crippen LogP contribution in [-0.4, -0.2) is 95.4 Å². The van der Waals surface area contributed by atoms with E-state index in [1.165, 1.54) is 6.42 Å². The third kappa shape index (κ3) is 3.96. The quantitative estimate of drug-likeness (QED) is 0.812. The van der Waals surface area contributed by atoms with Gasteiger partial charge in [0.15, 0.2) is 0 Å². The fraction of sp³-hybridized carbons (Fsp3) is 0.765. The average Bonchev–Trinajstić information content (AvgIpc) is 3.12. The van der Waals surface area contributed by atoms with Crippen molar-refractivity contribution in [3.8, 4) is 0 Å². The summed E-state index contributed by atoms with van der Waals surface area (Å²) in [6, 6.07) is 1.79. The van der Waals surface area contributed by atoms with Gasteiger partial charge in [-0.3, -0.25) is 9.89 Å². The van der Waals surface area contributed by atoms with Crippen molar-refractivity contribution in [3.63, 3.8) is 0 Å². The Morgan fingerprint density at radius 3 is 2.79 bits per heavy atom. The Morgan fingerprint density at radius 2 is 2.08 bits per heavy atom. The molecule has 0 spiro atoms. The zero-order chi connectivity index (χ0) is 17.1. The summed E-state index contributed by atoms with van der Waals surface area (Å²) in [6.07, 6.45) is 1.18. The van der Waals surface area contributed by atoms with Crippen molar-refractivity contribution < 1.29 is 9.90 Å². The second kappa shape index (κ2) is 7.63. The number of likely N-dealkylation sites (tertiary alicyclic amines) is 1. The van der Waals surface area contributed by atoms with Crippen molar-refractivity contribution in [2.24, 2.45) is 11.8 Å². The molecule has 134 valence electrons. The number of aliphatic hydroxyl groups excluding tert-OH is 1. The molecule has 3 heterocycles. The molecule has 0 radical (unpaired) electrons. The smallest absolute Gasteiger partial charge is 0.274 e. The highest BCUT2D eigenvalue weighted by Crippen LogP contribution is 2.26. The lowest BCUT2D eigenvalue weighted by Gasteiger charge is -2.26. The molecule has 2 atom stereocenters. The fourth-order valence-corrected chi connectivity index (χ4v) is 3.82. The van der Waals surface area contributed by atoms with Crippen molar-refractivity contribution >= 4 is 5.91 Å². The van der Waals surface area contributed by atoms with Crippen molar-refractivity contribution in [3.05, 3.63) is 17.5 Å². The molecule has 2 saturated heterocycles. The van der Waals surface area contributed by atoms with Crippen molar-refractivity contribution in [1.29, 1.82) is 0 Å². The van der Waals surface area contributed by atoms with Gasteiger partial charge in [-0.25, -0.2) is 0 Å². The van der Waals surface area contributed by atoms with Crippen LogP contribution in [0.3, 0.4) is 0 Å². The van der Waals surface area contributed by atoms with Crippen LogP contribution in [0.4, 0.5) is 0 Å². The maximum absolute atomic E-state index is 12.6. The Labute approximate surface area is 143 Å². The second-order valence-corrected chi connectivity index (χ2v) is 7.31. The predicted molar refractivity (Wildman–Crippen MR) is 91.8 cm³/mol. The number of aromatic amines is 1. The van der Waals surface area contributed by atoms with E-state index in [9.17, 15) is 9.90 Å². The van der Waals surface area contributed by atoms with Crippen LogP contribution < -0.4 is 0 Å². The minimum absolute atomic E-state index is 0.0316. The molecule has 1 amide bonds. The molecule has 1 aromatic rings. The number of carbonyl (C=O) groups is 1. The van der Waals surface area contributed by atoms with E-state index in [0.717, 1.165) is 38.4 Å². The summed E-state index contributed by atoms with van der Waals surface area (Å²) in [5, 5.41) is 16.7. The van der Waals surface area contributed by atoms with Gasteiger partial charge in [-0.05, 0) is 45.5 Å². The number of aromatic nitrogens is 2. The van der Waals surface area contributed by atoms with Gasteiger partial charge in [0.2, 0.25) is 0 Å². The van der Waals surface area contributed by atoms with Crippen LogP contribution in [0.5, 0.6) is 0 Å². The Morgan fingerprint density at radius 1 is 1.29 bits per heavy atom. The minimum Gasteiger partial charge on any atom is -0.396 e. The SMILES string of the molecule is Cc1cc(C(=O)N2CC(CO)C(CN3CCCN(C)CC3)C2)n[nH]1. The average molecular weight is 335 g/mol. The van der Waals surface area contributed by atoms with E-state index in [4.69, 9.17) is 0 Å². The number of rotatable bonds is 4. The monoisotopic (exact) mass is 335 g/mol. The van der Waals surface area contributed by atoms with Gasteiger partial charge in [0.1, 0.15) is 5.69 Å². The highest BCUT2D eigenvalue weighted by atomic mass is 16.3. The summed E-state index contributed by atoms with van der Waals surface area (Å²) in [4.78, 5) is 19.3. The summed E-state index contributed by atoms with van der Waals surface area (Å²) in [6.45, 7) is 8.73. The fourth-order valence-electron chi connectivity index (χ4n) is 3.82. The number of hydrogen-bond donors (Lipinski definition) is 2. The summed E-state index contributed by atoms with van der Waals surface area (Å²) in [5.74, 6) is 0.466. The molecule has 7 heteroatoms. The highest BCUT2D eigenvalue weighted by molar-refractivity contribution is 5.92.